The molecule has 0 radical (unpaired) electrons. The van der Waals surface area contributed by atoms with Gasteiger partial charge in [0.2, 0.25) is 0 Å². The van der Waals surface area contributed by atoms with E-state index in [9.17, 15) is 4.79 Å². The summed E-state index contributed by atoms with van der Waals surface area (Å²) < 4.78 is 10.7. The molecule has 2 rings (SSSR count). The first-order valence-corrected chi connectivity index (χ1v) is 6.01. The van der Waals surface area contributed by atoms with Crippen LogP contribution in [0.1, 0.15) is 5.56 Å². The molecule has 20 heavy (non-hydrogen) atoms. The smallest absolute Gasteiger partial charge is 0.332 e. The number of hydrogen-bond donors (Lipinski definition) is 1. The number of benzene rings is 2. The van der Waals surface area contributed by atoms with Crippen LogP contribution in [0, 0.1) is 0 Å². The zero-order valence-corrected chi connectivity index (χ0v) is 10.9. The maximum Gasteiger partial charge on any atom is 0.332 e. The van der Waals surface area contributed by atoms with E-state index in [0.717, 1.165) is 6.08 Å². The molecule has 0 heterocycles. The molecular weight excluding hydrogens is 256 g/mol. The molecule has 0 aliphatic rings. The van der Waals surface area contributed by atoms with Crippen LogP contribution < -0.4 is 9.47 Å². The Kier molecular flexibility index (Phi) is 4.39. The number of methoxy groups -OCH3 is 1. The van der Waals surface area contributed by atoms with Gasteiger partial charge in [0.15, 0.2) is 0 Å². The first-order chi connectivity index (χ1) is 9.69. The van der Waals surface area contributed by atoms with Gasteiger partial charge < -0.3 is 14.6 Å². The van der Waals surface area contributed by atoms with Gasteiger partial charge in [-0.1, -0.05) is 18.2 Å². The first-order valence-electron chi connectivity index (χ1n) is 6.01. The Hall–Kier alpha value is -2.75. The molecule has 0 bridgehead atoms. The SMILES string of the molecule is COc1ccc(C(=CC(=O)O)Oc2ccccc2)cc1. The summed E-state index contributed by atoms with van der Waals surface area (Å²) in [7, 11) is 1.57. The van der Waals surface area contributed by atoms with Crippen molar-refractivity contribution in [1.82, 2.24) is 0 Å². The molecule has 0 fully saturated rings. The van der Waals surface area contributed by atoms with E-state index in [1.54, 1.807) is 43.5 Å². The van der Waals surface area contributed by atoms with E-state index in [-0.39, 0.29) is 5.76 Å². The van der Waals surface area contributed by atoms with Crippen molar-refractivity contribution in [3.05, 3.63) is 66.2 Å². The van der Waals surface area contributed by atoms with E-state index in [2.05, 4.69) is 0 Å². The van der Waals surface area contributed by atoms with Crippen LogP contribution in [0.15, 0.2) is 60.7 Å². The number of aliphatic carboxylic acids is 1. The van der Waals surface area contributed by atoms with Crippen molar-refractivity contribution >= 4 is 11.7 Å². The molecule has 2 aromatic carbocycles. The standard InChI is InChI=1S/C16H14O4/c1-19-13-9-7-12(8-10-13)15(11-16(17)18)20-14-5-3-2-4-6-14/h2-11H,1H3,(H,17,18). The highest BCUT2D eigenvalue weighted by molar-refractivity contribution is 5.88. The van der Waals surface area contributed by atoms with E-state index in [4.69, 9.17) is 14.6 Å². The summed E-state index contributed by atoms with van der Waals surface area (Å²) in [6, 6.07) is 16.0. The highest BCUT2D eigenvalue weighted by Crippen LogP contribution is 2.22. The summed E-state index contributed by atoms with van der Waals surface area (Å²) in [6.07, 6.45) is 1.04. The third kappa shape index (κ3) is 3.62. The van der Waals surface area contributed by atoms with Crippen molar-refractivity contribution in [2.75, 3.05) is 7.11 Å². The Morgan fingerprint density at radius 2 is 1.65 bits per heavy atom. The van der Waals surface area contributed by atoms with Gasteiger partial charge in [-0.2, -0.15) is 0 Å². The van der Waals surface area contributed by atoms with E-state index in [0.29, 0.717) is 17.1 Å². The number of ether oxygens (including phenoxy) is 2. The van der Waals surface area contributed by atoms with Crippen molar-refractivity contribution in [2.24, 2.45) is 0 Å². The number of rotatable bonds is 5. The normalized spacial score (nSPS) is 10.9. The van der Waals surface area contributed by atoms with Gasteiger partial charge in [-0.3, -0.25) is 0 Å². The predicted octanol–water partition coefficient (Wildman–Crippen LogP) is 3.20. The van der Waals surface area contributed by atoms with Crippen molar-refractivity contribution in [1.29, 1.82) is 0 Å². The fraction of sp³-hybridized carbons (Fsp3) is 0.0625. The van der Waals surface area contributed by atoms with Crippen molar-refractivity contribution in [2.45, 2.75) is 0 Å². The molecule has 0 saturated carbocycles. The summed E-state index contributed by atoms with van der Waals surface area (Å²) in [5, 5.41) is 8.94. The molecule has 0 atom stereocenters. The maximum absolute atomic E-state index is 10.9. The van der Waals surface area contributed by atoms with Crippen LogP contribution in [0.4, 0.5) is 0 Å². The fourth-order valence-electron chi connectivity index (χ4n) is 1.65. The van der Waals surface area contributed by atoms with Crippen LogP contribution in [0.5, 0.6) is 11.5 Å². The highest BCUT2D eigenvalue weighted by atomic mass is 16.5. The average Bonchev–Trinajstić information content (AvgIpc) is 2.47. The molecule has 4 heteroatoms. The first kappa shape index (κ1) is 13.7. The molecule has 0 unspecified atom stereocenters. The lowest BCUT2D eigenvalue weighted by Gasteiger charge is -2.10. The van der Waals surface area contributed by atoms with Crippen molar-refractivity contribution in [3.63, 3.8) is 0 Å². The fourth-order valence-corrected chi connectivity index (χ4v) is 1.65. The summed E-state index contributed by atoms with van der Waals surface area (Å²) in [4.78, 5) is 10.9. The Morgan fingerprint density at radius 1 is 1.00 bits per heavy atom. The molecule has 4 nitrogen and oxygen atoms in total. The summed E-state index contributed by atoms with van der Waals surface area (Å²) in [5.41, 5.74) is 0.664. The topological polar surface area (TPSA) is 55.8 Å². The average molecular weight is 270 g/mol. The van der Waals surface area contributed by atoms with Crippen LogP contribution in [0.3, 0.4) is 0 Å². The van der Waals surface area contributed by atoms with Gasteiger partial charge in [0.05, 0.1) is 13.2 Å². The summed E-state index contributed by atoms with van der Waals surface area (Å²) >= 11 is 0. The van der Waals surface area contributed by atoms with Crippen LogP contribution in [-0.2, 0) is 4.79 Å². The lowest BCUT2D eigenvalue weighted by Crippen LogP contribution is -1.99. The van der Waals surface area contributed by atoms with Crippen LogP contribution in [0.25, 0.3) is 5.76 Å². The van der Waals surface area contributed by atoms with Crippen LogP contribution >= 0.6 is 0 Å². The van der Waals surface area contributed by atoms with E-state index in [1.165, 1.54) is 0 Å². The lowest BCUT2D eigenvalue weighted by molar-refractivity contribution is -0.131. The number of carboxylic acids is 1. The Labute approximate surface area is 116 Å². The van der Waals surface area contributed by atoms with Crippen LogP contribution in [0.2, 0.25) is 0 Å². The second-order valence-electron chi connectivity index (χ2n) is 3.99. The monoisotopic (exact) mass is 270 g/mol. The number of carbonyl (C=O) groups is 1. The third-order valence-corrected chi connectivity index (χ3v) is 2.60. The van der Waals surface area contributed by atoms with Gasteiger partial charge in [0.1, 0.15) is 17.3 Å². The molecule has 0 aromatic heterocycles. The molecule has 0 aliphatic carbocycles. The van der Waals surface area contributed by atoms with Gasteiger partial charge in [-0.15, -0.1) is 0 Å². The molecular formula is C16H14O4. The summed E-state index contributed by atoms with van der Waals surface area (Å²) in [6.45, 7) is 0. The quantitative estimate of drug-likeness (QED) is 0.669. The third-order valence-electron chi connectivity index (χ3n) is 2.60. The van der Waals surface area contributed by atoms with E-state index in [1.807, 2.05) is 18.2 Å². The largest absolute Gasteiger partial charge is 0.497 e. The summed E-state index contributed by atoms with van der Waals surface area (Å²) in [5.74, 6) is 0.483. The second kappa shape index (κ2) is 6.43. The lowest BCUT2D eigenvalue weighted by atomic mass is 10.1. The molecule has 0 aliphatic heterocycles. The second-order valence-corrected chi connectivity index (χ2v) is 3.99. The molecule has 0 spiro atoms. The van der Waals surface area contributed by atoms with Gasteiger partial charge in [-0.25, -0.2) is 4.79 Å². The van der Waals surface area contributed by atoms with E-state index < -0.39 is 5.97 Å². The number of carboxylic acid groups (broad SMARTS) is 1. The Balaban J connectivity index is 2.30. The van der Waals surface area contributed by atoms with Crippen molar-refractivity contribution < 1.29 is 19.4 Å². The minimum atomic E-state index is -1.06. The Bertz CT molecular complexity index is 600. The van der Waals surface area contributed by atoms with Gasteiger partial charge >= 0.3 is 5.97 Å². The molecule has 2 aromatic rings. The van der Waals surface area contributed by atoms with Gasteiger partial charge in [0.25, 0.3) is 0 Å². The van der Waals surface area contributed by atoms with Crippen LogP contribution in [-0.4, -0.2) is 18.2 Å². The zero-order valence-electron chi connectivity index (χ0n) is 10.9. The molecule has 1 N–H and O–H groups in total. The minimum absolute atomic E-state index is 0.270. The van der Waals surface area contributed by atoms with Crippen molar-refractivity contribution in [3.8, 4) is 11.5 Å². The van der Waals surface area contributed by atoms with E-state index >= 15 is 0 Å². The number of para-hydroxylation sites is 1. The number of hydrogen-bond acceptors (Lipinski definition) is 3. The molecule has 0 amide bonds. The maximum atomic E-state index is 10.9. The van der Waals surface area contributed by atoms with Gasteiger partial charge in [-0.05, 0) is 36.4 Å². The minimum Gasteiger partial charge on any atom is -0.497 e. The molecule has 0 saturated heterocycles. The zero-order chi connectivity index (χ0) is 14.4. The predicted molar refractivity (Wildman–Crippen MR) is 75.7 cm³/mol. The Morgan fingerprint density at radius 3 is 2.20 bits per heavy atom. The molecule has 102 valence electrons. The van der Waals surface area contributed by atoms with Gasteiger partial charge in [0, 0.05) is 5.56 Å². The highest BCUT2D eigenvalue weighted by Gasteiger charge is 2.07.